The van der Waals surface area contributed by atoms with Gasteiger partial charge in [0, 0.05) is 31.7 Å². The molecule has 2 aromatic carbocycles. The predicted molar refractivity (Wildman–Crippen MR) is 112 cm³/mol. The molecule has 1 N–H and O–H groups in total. The molecule has 0 aromatic heterocycles. The van der Waals surface area contributed by atoms with Crippen LogP contribution in [0.4, 0.5) is 0 Å². The van der Waals surface area contributed by atoms with Gasteiger partial charge >= 0.3 is 0 Å². The summed E-state index contributed by atoms with van der Waals surface area (Å²) >= 11 is 0. The summed E-state index contributed by atoms with van der Waals surface area (Å²) in [6.07, 6.45) is 5.87. The molecule has 2 atom stereocenters. The van der Waals surface area contributed by atoms with Gasteiger partial charge in [-0.05, 0) is 29.7 Å². The molecule has 1 heterocycles. The summed E-state index contributed by atoms with van der Waals surface area (Å²) in [6.45, 7) is 1.46. The van der Waals surface area contributed by atoms with E-state index in [0.717, 1.165) is 17.3 Å². The largest absolute Gasteiger partial charge is 0.390 e. The van der Waals surface area contributed by atoms with Gasteiger partial charge in [-0.15, -0.1) is 12.4 Å². The van der Waals surface area contributed by atoms with Gasteiger partial charge in [-0.3, -0.25) is 9.69 Å². The zero-order valence-electron chi connectivity index (χ0n) is 15.9. The molecule has 2 aromatic rings. The number of hydrogen-bond acceptors (Lipinski definition) is 3. The second-order valence-electron chi connectivity index (χ2n) is 7.82. The van der Waals surface area contributed by atoms with Gasteiger partial charge in [-0.25, -0.2) is 0 Å². The molecule has 2 fully saturated rings. The molecule has 1 amide bonds. The van der Waals surface area contributed by atoms with Crippen molar-refractivity contribution in [2.75, 3.05) is 20.1 Å². The molecule has 1 saturated heterocycles. The van der Waals surface area contributed by atoms with Crippen LogP contribution in [0, 0.1) is 0 Å². The summed E-state index contributed by atoms with van der Waals surface area (Å²) in [5.41, 5.74) is 0.717. The zero-order chi connectivity index (χ0) is 18.1. The molecular weight excluding hydrogens is 360 g/mol. The molecule has 1 aliphatic heterocycles. The van der Waals surface area contributed by atoms with Crippen LogP contribution in [0.3, 0.4) is 0 Å². The molecule has 0 spiro atoms. The topological polar surface area (TPSA) is 43.8 Å². The number of rotatable bonds is 3. The van der Waals surface area contributed by atoms with Crippen molar-refractivity contribution in [3.63, 3.8) is 0 Å². The van der Waals surface area contributed by atoms with Gasteiger partial charge < -0.3 is 10.0 Å². The summed E-state index contributed by atoms with van der Waals surface area (Å²) in [7, 11) is 1.84. The molecule has 4 rings (SSSR count). The highest BCUT2D eigenvalue weighted by Crippen LogP contribution is 2.28. The Balaban J connectivity index is 0.00000210. The van der Waals surface area contributed by atoms with Gasteiger partial charge in [0.2, 0.25) is 0 Å². The fourth-order valence-electron chi connectivity index (χ4n) is 4.68. The molecule has 146 valence electrons. The zero-order valence-corrected chi connectivity index (χ0v) is 16.7. The normalized spacial score (nSPS) is 23.9. The van der Waals surface area contributed by atoms with Gasteiger partial charge in [0.1, 0.15) is 0 Å². The number of β-amino-alcohol motifs (C(OH)–C–C–N with tert-alkyl or cyclic N) is 1. The SMILES string of the molecule is CN(C(=O)c1cccc2ccccc12)C1CN(C2CCCCC2)CC1O.Cl. The van der Waals surface area contributed by atoms with Crippen LogP contribution < -0.4 is 0 Å². The van der Waals surface area contributed by atoms with Crippen LogP contribution in [-0.2, 0) is 0 Å². The number of fused-ring (bicyclic) bond motifs is 1. The third-order valence-electron chi connectivity index (χ3n) is 6.22. The van der Waals surface area contributed by atoms with Crippen molar-refractivity contribution in [3.05, 3.63) is 48.0 Å². The first-order valence-electron chi connectivity index (χ1n) is 9.82. The van der Waals surface area contributed by atoms with Crippen LogP contribution in [-0.4, -0.2) is 59.1 Å². The summed E-state index contributed by atoms with van der Waals surface area (Å²) in [6, 6.07) is 14.3. The van der Waals surface area contributed by atoms with Crippen molar-refractivity contribution in [1.29, 1.82) is 0 Å². The number of halogens is 1. The standard InChI is InChI=1S/C22H28N2O2.ClH/c1-23(20-14-24(15-21(20)25)17-10-3-2-4-11-17)22(26)19-13-7-9-16-8-5-6-12-18(16)19;/h5-9,12-13,17,20-21,25H,2-4,10-11,14-15H2,1H3;1H. The lowest BCUT2D eigenvalue weighted by atomic mass is 9.94. The first-order chi connectivity index (χ1) is 12.6. The first-order valence-corrected chi connectivity index (χ1v) is 9.82. The number of aliphatic hydroxyl groups is 1. The Morgan fingerprint density at radius 3 is 2.52 bits per heavy atom. The number of nitrogens with zero attached hydrogens (tertiary/aromatic N) is 2. The number of carbonyl (C=O) groups excluding carboxylic acids is 1. The third kappa shape index (κ3) is 3.98. The van der Waals surface area contributed by atoms with Crippen LogP contribution in [0.25, 0.3) is 10.8 Å². The Morgan fingerprint density at radius 1 is 1.04 bits per heavy atom. The molecule has 5 heteroatoms. The smallest absolute Gasteiger partial charge is 0.254 e. The van der Waals surface area contributed by atoms with Gasteiger partial charge in [-0.1, -0.05) is 55.7 Å². The van der Waals surface area contributed by atoms with E-state index in [1.807, 2.05) is 49.5 Å². The molecule has 27 heavy (non-hydrogen) atoms. The predicted octanol–water partition coefficient (Wildman–Crippen LogP) is 3.71. The van der Waals surface area contributed by atoms with E-state index < -0.39 is 6.10 Å². The summed E-state index contributed by atoms with van der Waals surface area (Å²) in [5, 5.41) is 12.7. The molecule has 2 aliphatic rings. The average Bonchev–Trinajstić information content (AvgIpc) is 3.09. The van der Waals surface area contributed by atoms with E-state index in [0.29, 0.717) is 18.2 Å². The van der Waals surface area contributed by atoms with E-state index in [1.165, 1.54) is 32.1 Å². The minimum atomic E-state index is -0.471. The van der Waals surface area contributed by atoms with E-state index in [4.69, 9.17) is 0 Å². The van der Waals surface area contributed by atoms with Crippen molar-refractivity contribution in [2.45, 2.75) is 50.3 Å². The number of aliphatic hydroxyl groups excluding tert-OH is 1. The maximum Gasteiger partial charge on any atom is 0.254 e. The highest BCUT2D eigenvalue weighted by atomic mass is 35.5. The minimum Gasteiger partial charge on any atom is -0.390 e. The highest BCUT2D eigenvalue weighted by molar-refractivity contribution is 6.07. The molecule has 1 aliphatic carbocycles. The third-order valence-corrected chi connectivity index (χ3v) is 6.22. The van der Waals surface area contributed by atoms with Gasteiger partial charge in [0.15, 0.2) is 0 Å². The Bertz CT molecular complexity index is 785. The quantitative estimate of drug-likeness (QED) is 0.871. The van der Waals surface area contributed by atoms with Crippen LogP contribution in [0.1, 0.15) is 42.5 Å². The number of benzene rings is 2. The number of amides is 1. The highest BCUT2D eigenvalue weighted by Gasteiger charge is 2.39. The maximum absolute atomic E-state index is 13.2. The average molecular weight is 389 g/mol. The van der Waals surface area contributed by atoms with Crippen LogP contribution in [0.2, 0.25) is 0 Å². The van der Waals surface area contributed by atoms with E-state index in [9.17, 15) is 9.90 Å². The Labute approximate surface area is 167 Å². The first kappa shape index (κ1) is 20.1. The van der Waals surface area contributed by atoms with Crippen molar-refractivity contribution in [2.24, 2.45) is 0 Å². The molecule has 0 radical (unpaired) electrons. The second kappa shape index (κ2) is 8.59. The fourth-order valence-corrected chi connectivity index (χ4v) is 4.68. The molecule has 4 nitrogen and oxygen atoms in total. The van der Waals surface area contributed by atoms with E-state index in [1.54, 1.807) is 4.90 Å². The van der Waals surface area contributed by atoms with E-state index in [-0.39, 0.29) is 24.4 Å². The van der Waals surface area contributed by atoms with Crippen molar-refractivity contribution >= 4 is 29.1 Å². The van der Waals surface area contributed by atoms with Crippen molar-refractivity contribution < 1.29 is 9.90 Å². The lowest BCUT2D eigenvalue weighted by Gasteiger charge is -2.32. The fraction of sp³-hybridized carbons (Fsp3) is 0.500. The summed E-state index contributed by atoms with van der Waals surface area (Å²) in [4.78, 5) is 17.3. The van der Waals surface area contributed by atoms with Crippen LogP contribution in [0.5, 0.6) is 0 Å². The van der Waals surface area contributed by atoms with Gasteiger partial charge in [-0.2, -0.15) is 0 Å². The Hall–Kier alpha value is -1.62. The Morgan fingerprint density at radius 2 is 1.74 bits per heavy atom. The molecule has 0 bridgehead atoms. The van der Waals surface area contributed by atoms with Crippen LogP contribution in [0.15, 0.2) is 42.5 Å². The van der Waals surface area contributed by atoms with Gasteiger partial charge in [0.05, 0.1) is 12.1 Å². The monoisotopic (exact) mass is 388 g/mol. The summed E-state index contributed by atoms with van der Waals surface area (Å²) in [5.74, 6) is -0.00339. The van der Waals surface area contributed by atoms with Gasteiger partial charge in [0.25, 0.3) is 5.91 Å². The maximum atomic E-state index is 13.2. The van der Waals surface area contributed by atoms with E-state index >= 15 is 0 Å². The number of likely N-dealkylation sites (tertiary alicyclic amines) is 1. The van der Waals surface area contributed by atoms with E-state index in [2.05, 4.69) is 4.90 Å². The van der Waals surface area contributed by atoms with Crippen molar-refractivity contribution in [3.8, 4) is 0 Å². The lowest BCUT2D eigenvalue weighted by Crippen LogP contribution is -2.44. The molecule has 1 saturated carbocycles. The second-order valence-corrected chi connectivity index (χ2v) is 7.82. The van der Waals surface area contributed by atoms with Crippen molar-refractivity contribution in [1.82, 2.24) is 9.80 Å². The van der Waals surface area contributed by atoms with Crippen LogP contribution >= 0.6 is 12.4 Å². The summed E-state index contributed by atoms with van der Waals surface area (Å²) < 4.78 is 0. The molecular formula is C22H29ClN2O2. The minimum absolute atomic E-state index is 0. The molecule has 2 unspecified atom stereocenters. The Kier molecular flexibility index (Phi) is 6.40. The number of hydrogen-bond donors (Lipinski definition) is 1. The number of likely N-dealkylation sites (N-methyl/N-ethyl adjacent to an activating group) is 1. The lowest BCUT2D eigenvalue weighted by molar-refractivity contribution is 0.0583. The number of carbonyl (C=O) groups is 1.